The summed E-state index contributed by atoms with van der Waals surface area (Å²) in [6.07, 6.45) is 23.7. The van der Waals surface area contributed by atoms with Crippen molar-refractivity contribution in [1.29, 1.82) is 0 Å². The molecule has 0 amide bonds. The van der Waals surface area contributed by atoms with E-state index in [1.54, 1.807) is 77.0 Å². The van der Waals surface area contributed by atoms with Gasteiger partial charge in [-0.1, -0.05) is 116 Å². The summed E-state index contributed by atoms with van der Waals surface area (Å²) in [4.78, 5) is 0. The van der Waals surface area contributed by atoms with Gasteiger partial charge in [0.05, 0.1) is 8.07 Å². The molecule has 0 unspecified atom stereocenters. The van der Waals surface area contributed by atoms with Crippen molar-refractivity contribution in [3.63, 3.8) is 0 Å². The maximum atomic E-state index is 2.67. The molecule has 0 heterocycles. The van der Waals surface area contributed by atoms with E-state index in [0.29, 0.717) is 0 Å². The van der Waals surface area contributed by atoms with Crippen molar-refractivity contribution in [2.24, 2.45) is 0 Å². The summed E-state index contributed by atoms with van der Waals surface area (Å²) in [7, 11) is -1.17. The maximum absolute atomic E-state index is 2.67. The third kappa shape index (κ3) is 3.21. The van der Waals surface area contributed by atoms with Crippen molar-refractivity contribution in [2.75, 3.05) is 0 Å². The second-order valence-electron chi connectivity index (χ2n) is 9.16. The Morgan fingerprint density at radius 1 is 0.500 bits per heavy atom. The predicted molar refractivity (Wildman–Crippen MR) is 101 cm³/mol. The summed E-state index contributed by atoms with van der Waals surface area (Å²) in [5, 5.41) is 0. The molecule has 0 spiro atoms. The summed E-state index contributed by atoms with van der Waals surface area (Å²) in [6, 6.07) is 0. The van der Waals surface area contributed by atoms with Crippen LogP contribution in [0.25, 0.3) is 0 Å². The molecule has 3 fully saturated rings. The lowest BCUT2D eigenvalue weighted by atomic mass is 9.98. The van der Waals surface area contributed by atoms with Crippen molar-refractivity contribution in [3.05, 3.63) is 0 Å². The van der Waals surface area contributed by atoms with Crippen LogP contribution in [0.4, 0.5) is 0 Å². The van der Waals surface area contributed by atoms with Gasteiger partial charge in [0.1, 0.15) is 0 Å². The number of rotatable bonds is 4. The summed E-state index contributed by atoms with van der Waals surface area (Å²) in [5.74, 6) is 0. The molecule has 0 aromatic rings. The van der Waals surface area contributed by atoms with Crippen LogP contribution in [0, 0.1) is 0 Å². The summed E-state index contributed by atoms with van der Waals surface area (Å²) >= 11 is 0. The molecular formula is C21H40Si. The first-order valence-electron chi connectivity index (χ1n) is 10.8. The highest BCUT2D eigenvalue weighted by Gasteiger charge is 2.53. The molecule has 0 N–H and O–H groups in total. The van der Waals surface area contributed by atoms with Gasteiger partial charge < -0.3 is 0 Å². The van der Waals surface area contributed by atoms with Crippen molar-refractivity contribution >= 4 is 8.07 Å². The predicted octanol–water partition coefficient (Wildman–Crippen LogP) is 7.85. The zero-order chi connectivity index (χ0) is 15.4. The van der Waals surface area contributed by atoms with Gasteiger partial charge in [-0.3, -0.25) is 0 Å². The molecule has 3 rings (SSSR count). The van der Waals surface area contributed by atoms with Gasteiger partial charge in [-0.2, -0.15) is 0 Å². The molecule has 128 valence electrons. The fourth-order valence-electron chi connectivity index (χ4n) is 7.22. The minimum absolute atomic E-state index is 1.04. The Labute approximate surface area is 140 Å². The maximum Gasteiger partial charge on any atom is 0.0654 e. The summed E-state index contributed by atoms with van der Waals surface area (Å²) < 4.78 is 0. The van der Waals surface area contributed by atoms with Gasteiger partial charge in [0, 0.05) is 0 Å². The molecule has 0 atom stereocenters. The van der Waals surface area contributed by atoms with E-state index >= 15 is 0 Å². The molecular weight excluding hydrogens is 280 g/mol. The van der Waals surface area contributed by atoms with E-state index in [0.717, 1.165) is 5.54 Å². The quantitative estimate of drug-likeness (QED) is 0.463. The monoisotopic (exact) mass is 320 g/mol. The first-order valence-corrected chi connectivity index (χ1v) is 13.1. The van der Waals surface area contributed by atoms with E-state index in [1.165, 1.54) is 35.9 Å². The van der Waals surface area contributed by atoms with E-state index < -0.39 is 8.07 Å². The standard InChI is InChI=1S/C21H40Si/c1-18(2)22(19-12-6-3-7-13-19,20-14-8-4-9-15-20)21-16-10-5-11-17-21/h18-21H,3-17H2,1-2H3. The van der Waals surface area contributed by atoms with Gasteiger partial charge in [-0.15, -0.1) is 0 Å². The van der Waals surface area contributed by atoms with Gasteiger partial charge in [-0.05, 0) is 16.6 Å². The van der Waals surface area contributed by atoms with Crippen LogP contribution in [0.5, 0.6) is 0 Å². The second-order valence-corrected chi connectivity index (χ2v) is 14.8. The Morgan fingerprint density at radius 2 is 0.773 bits per heavy atom. The molecule has 22 heavy (non-hydrogen) atoms. The van der Waals surface area contributed by atoms with E-state index in [-0.39, 0.29) is 0 Å². The number of hydrogen-bond acceptors (Lipinski definition) is 0. The lowest BCUT2D eigenvalue weighted by Gasteiger charge is -2.56. The SMILES string of the molecule is CC(C)[Si](C1CCCCC1)(C1CCCCC1)C1CCCCC1. The minimum Gasteiger partial charge on any atom is -0.0651 e. The smallest absolute Gasteiger partial charge is 0.0651 e. The van der Waals surface area contributed by atoms with E-state index in [2.05, 4.69) is 13.8 Å². The van der Waals surface area contributed by atoms with Gasteiger partial charge in [0.2, 0.25) is 0 Å². The lowest BCUT2D eigenvalue weighted by Crippen LogP contribution is -2.53. The van der Waals surface area contributed by atoms with Crippen LogP contribution in [0.2, 0.25) is 22.2 Å². The molecule has 0 radical (unpaired) electrons. The Bertz CT molecular complexity index is 271. The number of hydrogen-bond donors (Lipinski definition) is 0. The molecule has 0 aromatic heterocycles. The third-order valence-corrected chi connectivity index (χ3v) is 15.9. The minimum atomic E-state index is -1.17. The second kappa shape index (κ2) is 7.86. The van der Waals surface area contributed by atoms with Crippen molar-refractivity contribution in [1.82, 2.24) is 0 Å². The van der Waals surface area contributed by atoms with E-state index in [1.807, 2.05) is 0 Å². The lowest BCUT2D eigenvalue weighted by molar-refractivity contribution is 0.407. The first kappa shape index (κ1) is 17.1. The molecule has 0 aliphatic heterocycles. The molecule has 3 aliphatic carbocycles. The van der Waals surface area contributed by atoms with Crippen molar-refractivity contribution in [2.45, 2.75) is 132 Å². The van der Waals surface area contributed by atoms with Crippen LogP contribution in [0.3, 0.4) is 0 Å². The highest BCUT2D eigenvalue weighted by molar-refractivity contribution is 6.85. The normalized spacial score (nSPS) is 27.4. The largest absolute Gasteiger partial charge is 0.0654 e. The molecule has 0 saturated heterocycles. The average Bonchev–Trinajstić information content (AvgIpc) is 2.58. The Hall–Kier alpha value is 0.217. The summed E-state index contributed by atoms with van der Waals surface area (Å²) in [5.41, 5.74) is 4.65. The van der Waals surface area contributed by atoms with Crippen LogP contribution < -0.4 is 0 Å². The molecule has 1 heteroatoms. The highest BCUT2D eigenvalue weighted by atomic mass is 28.3. The molecule has 3 saturated carbocycles. The highest BCUT2D eigenvalue weighted by Crippen LogP contribution is 2.61. The van der Waals surface area contributed by atoms with E-state index in [4.69, 9.17) is 0 Å². The molecule has 0 aromatic carbocycles. The topological polar surface area (TPSA) is 0 Å². The van der Waals surface area contributed by atoms with Gasteiger partial charge in [-0.25, -0.2) is 0 Å². The van der Waals surface area contributed by atoms with Crippen LogP contribution in [0.15, 0.2) is 0 Å². The fourth-order valence-corrected chi connectivity index (χ4v) is 16.3. The Kier molecular flexibility index (Phi) is 6.09. The molecule has 3 aliphatic rings. The van der Waals surface area contributed by atoms with E-state index in [9.17, 15) is 0 Å². The van der Waals surface area contributed by atoms with Gasteiger partial charge in [0.25, 0.3) is 0 Å². The molecule has 0 nitrogen and oxygen atoms in total. The van der Waals surface area contributed by atoms with Crippen molar-refractivity contribution in [3.8, 4) is 0 Å². The van der Waals surface area contributed by atoms with Crippen LogP contribution in [-0.2, 0) is 0 Å². The Balaban J connectivity index is 1.92. The fraction of sp³-hybridized carbons (Fsp3) is 1.00. The van der Waals surface area contributed by atoms with Gasteiger partial charge in [0.15, 0.2) is 0 Å². The van der Waals surface area contributed by atoms with Gasteiger partial charge >= 0.3 is 0 Å². The first-order chi connectivity index (χ1) is 10.8. The zero-order valence-corrected chi connectivity index (χ0v) is 16.4. The Morgan fingerprint density at radius 3 is 1.00 bits per heavy atom. The summed E-state index contributed by atoms with van der Waals surface area (Å²) in [6.45, 7) is 5.34. The van der Waals surface area contributed by atoms with Crippen LogP contribution in [-0.4, -0.2) is 8.07 Å². The third-order valence-electron chi connectivity index (χ3n) is 7.94. The van der Waals surface area contributed by atoms with Crippen LogP contribution in [0.1, 0.15) is 110 Å². The average molecular weight is 321 g/mol. The van der Waals surface area contributed by atoms with Crippen LogP contribution >= 0.6 is 0 Å². The zero-order valence-electron chi connectivity index (χ0n) is 15.4. The molecule has 0 bridgehead atoms. The van der Waals surface area contributed by atoms with Crippen molar-refractivity contribution < 1.29 is 0 Å².